The number of aliphatic carboxylic acids is 1. The average molecular weight is 285 g/mol. The van der Waals surface area contributed by atoms with Gasteiger partial charge in [0, 0.05) is 6.42 Å². The number of carbonyl (C=O) groups is 1. The summed E-state index contributed by atoms with van der Waals surface area (Å²) in [5.41, 5.74) is 0. The van der Waals surface area contributed by atoms with Gasteiger partial charge in [-0.2, -0.15) is 0 Å². The molecule has 2 unspecified atom stereocenters. The maximum Gasteiger partial charge on any atom is 0.129 e. The fourth-order valence-electron chi connectivity index (χ4n) is 2.91. The monoisotopic (exact) mass is 285 g/mol. The van der Waals surface area contributed by atoms with E-state index in [2.05, 4.69) is 19.1 Å². The van der Waals surface area contributed by atoms with Crippen LogP contribution in [-0.4, -0.2) is 47.3 Å². The van der Waals surface area contributed by atoms with Gasteiger partial charge in [0.15, 0.2) is 0 Å². The molecule has 4 nitrogen and oxygen atoms in total. The van der Waals surface area contributed by atoms with Crippen molar-refractivity contribution in [2.45, 2.75) is 65.5 Å². The highest BCUT2D eigenvalue weighted by Crippen LogP contribution is 2.19. The van der Waals surface area contributed by atoms with Crippen LogP contribution in [0.1, 0.15) is 53.4 Å². The van der Waals surface area contributed by atoms with Gasteiger partial charge in [0.25, 0.3) is 0 Å². The molecule has 0 saturated carbocycles. The van der Waals surface area contributed by atoms with Crippen molar-refractivity contribution in [2.75, 3.05) is 19.6 Å². The largest absolute Gasteiger partial charge is 0.544 e. The molecule has 0 rings (SSSR count). The number of carbonyl (C=O) groups excluding carboxylic acids is 1. The summed E-state index contributed by atoms with van der Waals surface area (Å²) in [7, 11) is 0. The van der Waals surface area contributed by atoms with E-state index in [9.17, 15) is 15.0 Å². The lowest BCUT2D eigenvalue weighted by atomic mass is 10.1. The number of quaternary nitrogens is 1. The lowest BCUT2D eigenvalue weighted by Crippen LogP contribution is -2.63. The second-order valence-electron chi connectivity index (χ2n) is 5.39. The summed E-state index contributed by atoms with van der Waals surface area (Å²) < 4.78 is 0.400. The minimum Gasteiger partial charge on any atom is -0.544 e. The summed E-state index contributed by atoms with van der Waals surface area (Å²) in [5, 5.41) is 21.6. The summed E-state index contributed by atoms with van der Waals surface area (Å²) >= 11 is 0. The smallest absolute Gasteiger partial charge is 0.129 e. The van der Waals surface area contributed by atoms with E-state index in [0.29, 0.717) is 37.0 Å². The number of nitrogens with zero attached hydrogens (tertiary/aromatic N) is 1. The SMILES string of the molecule is CC/C=C/CCC(O)C[N+](CC)(CC)C(CC)C(=O)[O-]. The minimum absolute atomic E-state index is 0.400. The molecular weight excluding hydrogens is 254 g/mol. The van der Waals surface area contributed by atoms with Crippen molar-refractivity contribution >= 4 is 5.97 Å². The predicted octanol–water partition coefficient (Wildman–Crippen LogP) is 1.48. The molecule has 0 aromatic rings. The van der Waals surface area contributed by atoms with Crippen molar-refractivity contribution in [2.24, 2.45) is 0 Å². The predicted molar refractivity (Wildman–Crippen MR) is 80.0 cm³/mol. The Morgan fingerprint density at radius 2 is 1.80 bits per heavy atom. The highest BCUT2D eigenvalue weighted by Gasteiger charge is 2.35. The normalized spacial score (nSPS) is 15.4. The van der Waals surface area contributed by atoms with Crippen LogP contribution in [0.5, 0.6) is 0 Å². The summed E-state index contributed by atoms with van der Waals surface area (Å²) in [6, 6.07) is -0.536. The summed E-state index contributed by atoms with van der Waals surface area (Å²) in [6.45, 7) is 9.80. The summed E-state index contributed by atoms with van der Waals surface area (Å²) in [5.74, 6) is -1.01. The highest BCUT2D eigenvalue weighted by molar-refractivity contribution is 5.69. The first kappa shape index (κ1) is 19.1. The van der Waals surface area contributed by atoms with Crippen molar-refractivity contribution in [3.63, 3.8) is 0 Å². The van der Waals surface area contributed by atoms with Gasteiger partial charge in [0.2, 0.25) is 0 Å². The third-order valence-electron chi connectivity index (χ3n) is 4.22. The number of aliphatic hydroxyl groups is 1. The van der Waals surface area contributed by atoms with Crippen molar-refractivity contribution in [3.05, 3.63) is 12.2 Å². The lowest BCUT2D eigenvalue weighted by Gasteiger charge is -2.45. The average Bonchev–Trinajstić information content (AvgIpc) is 2.42. The number of aliphatic hydroxyl groups excluding tert-OH is 1. The molecule has 0 bridgehead atoms. The Morgan fingerprint density at radius 1 is 1.20 bits per heavy atom. The molecule has 2 atom stereocenters. The Labute approximate surface area is 123 Å². The van der Waals surface area contributed by atoms with Crippen molar-refractivity contribution in [1.29, 1.82) is 0 Å². The first-order valence-corrected chi connectivity index (χ1v) is 7.87. The van der Waals surface area contributed by atoms with Crippen LogP contribution >= 0.6 is 0 Å². The first-order chi connectivity index (χ1) is 9.47. The molecule has 0 aliphatic rings. The topological polar surface area (TPSA) is 60.4 Å². The van der Waals surface area contributed by atoms with Gasteiger partial charge in [-0.1, -0.05) is 26.0 Å². The molecule has 118 valence electrons. The van der Waals surface area contributed by atoms with Gasteiger partial charge < -0.3 is 19.5 Å². The number of carboxylic acids is 1. The van der Waals surface area contributed by atoms with E-state index in [-0.39, 0.29) is 0 Å². The van der Waals surface area contributed by atoms with E-state index in [0.717, 1.165) is 12.8 Å². The minimum atomic E-state index is -1.01. The van der Waals surface area contributed by atoms with Crippen LogP contribution in [0.25, 0.3) is 0 Å². The molecule has 0 aromatic heterocycles. The highest BCUT2D eigenvalue weighted by atomic mass is 16.4. The molecule has 0 aromatic carbocycles. The molecule has 0 fully saturated rings. The number of carboxylic acid groups (broad SMARTS) is 1. The zero-order chi connectivity index (χ0) is 15.6. The van der Waals surface area contributed by atoms with Crippen LogP contribution in [0.15, 0.2) is 12.2 Å². The molecule has 0 spiro atoms. The quantitative estimate of drug-likeness (QED) is 0.462. The summed E-state index contributed by atoms with van der Waals surface area (Å²) in [6.07, 6.45) is 6.75. The third kappa shape index (κ3) is 5.63. The number of allylic oxidation sites excluding steroid dienone is 2. The van der Waals surface area contributed by atoms with Crippen LogP contribution in [0, 0.1) is 0 Å². The van der Waals surface area contributed by atoms with Crippen LogP contribution in [0.3, 0.4) is 0 Å². The van der Waals surface area contributed by atoms with Crippen LogP contribution in [0.4, 0.5) is 0 Å². The zero-order valence-corrected chi connectivity index (χ0v) is 13.5. The van der Waals surface area contributed by atoms with E-state index in [1.807, 2.05) is 20.8 Å². The lowest BCUT2D eigenvalue weighted by molar-refractivity contribution is -0.944. The summed E-state index contributed by atoms with van der Waals surface area (Å²) in [4.78, 5) is 11.4. The van der Waals surface area contributed by atoms with Crippen molar-refractivity contribution in [1.82, 2.24) is 0 Å². The fraction of sp³-hybridized carbons (Fsp3) is 0.812. The van der Waals surface area contributed by atoms with E-state index < -0.39 is 18.1 Å². The van der Waals surface area contributed by atoms with E-state index in [4.69, 9.17) is 0 Å². The molecule has 20 heavy (non-hydrogen) atoms. The van der Waals surface area contributed by atoms with Crippen LogP contribution in [-0.2, 0) is 4.79 Å². The Bertz CT molecular complexity index is 298. The molecule has 4 heteroatoms. The Kier molecular flexibility index (Phi) is 9.51. The first-order valence-electron chi connectivity index (χ1n) is 7.87. The maximum atomic E-state index is 11.4. The number of likely N-dealkylation sites (N-methyl/N-ethyl adjacent to an activating group) is 1. The molecule has 0 amide bonds. The number of hydrogen-bond acceptors (Lipinski definition) is 3. The standard InChI is InChI=1S/C16H31NO3/c1-5-9-10-11-12-14(18)13-17(7-3,8-4)15(6-2)16(19)20/h9-10,14-15,18H,5-8,11-13H2,1-4H3/b10-9+. The van der Waals surface area contributed by atoms with E-state index >= 15 is 0 Å². The van der Waals surface area contributed by atoms with Crippen LogP contribution in [0.2, 0.25) is 0 Å². The van der Waals surface area contributed by atoms with Gasteiger partial charge in [-0.25, -0.2) is 0 Å². The van der Waals surface area contributed by atoms with Gasteiger partial charge in [-0.15, -0.1) is 0 Å². The Balaban J connectivity index is 4.74. The van der Waals surface area contributed by atoms with Gasteiger partial charge in [-0.05, 0) is 33.1 Å². The van der Waals surface area contributed by atoms with Gasteiger partial charge >= 0.3 is 0 Å². The maximum absolute atomic E-state index is 11.4. The van der Waals surface area contributed by atoms with Gasteiger partial charge in [0.05, 0.1) is 19.1 Å². The molecule has 0 radical (unpaired) electrons. The van der Waals surface area contributed by atoms with Gasteiger partial charge in [0.1, 0.15) is 18.7 Å². The number of hydrogen-bond donors (Lipinski definition) is 1. The second-order valence-corrected chi connectivity index (χ2v) is 5.39. The molecule has 0 heterocycles. The van der Waals surface area contributed by atoms with E-state index in [1.165, 1.54) is 0 Å². The van der Waals surface area contributed by atoms with Gasteiger partial charge in [-0.3, -0.25) is 0 Å². The Hall–Kier alpha value is -0.870. The van der Waals surface area contributed by atoms with Crippen LogP contribution < -0.4 is 5.11 Å². The van der Waals surface area contributed by atoms with Crippen molar-refractivity contribution < 1.29 is 19.5 Å². The Morgan fingerprint density at radius 3 is 2.20 bits per heavy atom. The van der Waals surface area contributed by atoms with Crippen molar-refractivity contribution in [3.8, 4) is 0 Å². The third-order valence-corrected chi connectivity index (χ3v) is 4.22. The zero-order valence-electron chi connectivity index (χ0n) is 13.5. The molecule has 1 N–H and O–H groups in total. The second kappa shape index (κ2) is 9.94. The molecular formula is C16H31NO3. The number of rotatable bonds is 11. The van der Waals surface area contributed by atoms with E-state index in [1.54, 1.807) is 0 Å². The molecule has 0 aliphatic heterocycles. The molecule has 0 aliphatic carbocycles. The fourth-order valence-corrected chi connectivity index (χ4v) is 2.91. The molecule has 0 saturated heterocycles.